The van der Waals surface area contributed by atoms with E-state index in [-0.39, 0.29) is 24.3 Å². The first-order valence-corrected chi connectivity index (χ1v) is 18.3. The lowest BCUT2D eigenvalue weighted by Gasteiger charge is -2.20. The van der Waals surface area contributed by atoms with Gasteiger partial charge in [0.25, 0.3) is 0 Å². The van der Waals surface area contributed by atoms with Crippen LogP contribution in [0.1, 0.15) is 57.7 Å². The minimum Gasteiger partial charge on any atom is -0.467 e. The lowest BCUT2D eigenvalue weighted by Crippen LogP contribution is -2.11. The number of anilines is 4. The van der Waals surface area contributed by atoms with Crippen LogP contribution in [0.2, 0.25) is 0 Å². The van der Waals surface area contributed by atoms with E-state index >= 15 is 0 Å². The highest BCUT2D eigenvalue weighted by Gasteiger charge is 2.36. The summed E-state index contributed by atoms with van der Waals surface area (Å²) >= 11 is 0. The molecule has 0 radical (unpaired) electrons. The molecule has 9 rings (SSSR count). The highest BCUT2D eigenvalue weighted by molar-refractivity contribution is 6.03. The molecule has 262 valence electrons. The SMILES string of the molecule is c1ccc(C2N=C(c3ccccc3Nc3ccccc3Nc3ccccc3C3=NC(c4ccccc4)C(c4ccccc4)O3)OC2c2ccccc2)cc1. The number of nitrogens with zero attached hydrogens (tertiary/aromatic N) is 2. The molecule has 0 aromatic heterocycles. The molecule has 2 heterocycles. The maximum atomic E-state index is 6.73. The average molecular weight is 703 g/mol. The Kier molecular flexibility index (Phi) is 9.14. The Morgan fingerprint density at radius 2 is 0.611 bits per heavy atom. The van der Waals surface area contributed by atoms with E-state index in [2.05, 4.69) is 120 Å². The van der Waals surface area contributed by atoms with Gasteiger partial charge in [-0.05, 0) is 58.7 Å². The van der Waals surface area contributed by atoms with Crippen molar-refractivity contribution in [3.63, 3.8) is 0 Å². The first-order valence-electron chi connectivity index (χ1n) is 18.3. The fourth-order valence-corrected chi connectivity index (χ4v) is 7.22. The normalized spacial score (nSPS) is 18.9. The molecule has 2 aliphatic heterocycles. The summed E-state index contributed by atoms with van der Waals surface area (Å²) in [6.07, 6.45) is -0.489. The minimum atomic E-state index is -0.245. The van der Waals surface area contributed by atoms with Crippen LogP contribution in [-0.4, -0.2) is 11.8 Å². The lowest BCUT2D eigenvalue weighted by atomic mass is 9.97. The summed E-state index contributed by atoms with van der Waals surface area (Å²) in [5, 5.41) is 7.42. The third-order valence-corrected chi connectivity index (χ3v) is 9.88. The predicted octanol–water partition coefficient (Wildman–Crippen LogP) is 11.7. The van der Waals surface area contributed by atoms with Gasteiger partial charge in [-0.2, -0.15) is 0 Å². The minimum absolute atomic E-state index is 0.175. The molecule has 0 saturated heterocycles. The van der Waals surface area contributed by atoms with Crippen LogP contribution in [0.4, 0.5) is 22.7 Å². The highest BCUT2D eigenvalue weighted by atomic mass is 16.5. The van der Waals surface area contributed by atoms with Gasteiger partial charge in [0.1, 0.15) is 12.1 Å². The molecule has 0 bridgehead atoms. The van der Waals surface area contributed by atoms with E-state index < -0.39 is 0 Å². The van der Waals surface area contributed by atoms with Crippen molar-refractivity contribution < 1.29 is 9.47 Å². The van der Waals surface area contributed by atoms with E-state index in [1.54, 1.807) is 0 Å². The summed E-state index contributed by atoms with van der Waals surface area (Å²) < 4.78 is 13.5. The number of hydrogen-bond donors (Lipinski definition) is 2. The predicted molar refractivity (Wildman–Crippen MR) is 218 cm³/mol. The fraction of sp³-hybridized carbons (Fsp3) is 0.0833. The lowest BCUT2D eigenvalue weighted by molar-refractivity contribution is 0.197. The van der Waals surface area contributed by atoms with Crippen LogP contribution in [0.25, 0.3) is 0 Å². The van der Waals surface area contributed by atoms with Crippen LogP contribution >= 0.6 is 0 Å². The molecule has 54 heavy (non-hydrogen) atoms. The van der Waals surface area contributed by atoms with Gasteiger partial charge in [-0.15, -0.1) is 0 Å². The Morgan fingerprint density at radius 3 is 0.981 bits per heavy atom. The van der Waals surface area contributed by atoms with Crippen LogP contribution in [0, 0.1) is 0 Å². The van der Waals surface area contributed by atoms with Gasteiger partial charge < -0.3 is 20.1 Å². The van der Waals surface area contributed by atoms with Crippen LogP contribution in [0.3, 0.4) is 0 Å². The second-order valence-electron chi connectivity index (χ2n) is 13.4. The van der Waals surface area contributed by atoms with Gasteiger partial charge in [0.15, 0.2) is 12.2 Å². The molecule has 7 aromatic rings. The number of hydrogen-bond acceptors (Lipinski definition) is 6. The Bertz CT molecular complexity index is 2250. The molecule has 2 N–H and O–H groups in total. The monoisotopic (exact) mass is 702 g/mol. The van der Waals surface area contributed by atoms with Gasteiger partial charge in [0.2, 0.25) is 11.8 Å². The van der Waals surface area contributed by atoms with Gasteiger partial charge >= 0.3 is 0 Å². The van der Waals surface area contributed by atoms with Crippen LogP contribution in [0.5, 0.6) is 0 Å². The van der Waals surface area contributed by atoms with E-state index in [0.29, 0.717) is 11.8 Å². The zero-order chi connectivity index (χ0) is 36.1. The second-order valence-corrected chi connectivity index (χ2v) is 13.4. The van der Waals surface area contributed by atoms with E-state index in [1.165, 1.54) is 0 Å². The Hall–Kier alpha value is -6.92. The molecule has 2 aliphatic rings. The van der Waals surface area contributed by atoms with Crippen molar-refractivity contribution >= 4 is 34.5 Å². The summed E-state index contributed by atoms with van der Waals surface area (Å²) in [5.41, 5.74) is 9.75. The molecule has 6 nitrogen and oxygen atoms in total. The van der Waals surface area contributed by atoms with Crippen molar-refractivity contribution in [1.29, 1.82) is 0 Å². The van der Waals surface area contributed by atoms with Gasteiger partial charge in [-0.3, -0.25) is 0 Å². The van der Waals surface area contributed by atoms with Crippen LogP contribution in [0.15, 0.2) is 204 Å². The van der Waals surface area contributed by atoms with E-state index in [0.717, 1.165) is 56.1 Å². The number of rotatable bonds is 10. The number of para-hydroxylation sites is 4. The number of ether oxygens (including phenoxy) is 2. The largest absolute Gasteiger partial charge is 0.467 e. The topological polar surface area (TPSA) is 67.2 Å². The third kappa shape index (κ3) is 6.73. The Balaban J connectivity index is 1.02. The van der Waals surface area contributed by atoms with Crippen molar-refractivity contribution in [1.82, 2.24) is 0 Å². The molecular formula is C48H38N4O2. The molecule has 6 heteroatoms. The molecule has 0 fully saturated rings. The quantitative estimate of drug-likeness (QED) is 0.149. The van der Waals surface area contributed by atoms with Gasteiger partial charge in [-0.1, -0.05) is 158 Å². The number of benzene rings is 7. The van der Waals surface area contributed by atoms with Crippen molar-refractivity contribution in [2.24, 2.45) is 9.98 Å². The molecule has 0 amide bonds. The molecule has 0 spiro atoms. The second kappa shape index (κ2) is 15.0. The first-order chi connectivity index (χ1) is 26.8. The van der Waals surface area contributed by atoms with E-state index in [9.17, 15) is 0 Å². The van der Waals surface area contributed by atoms with E-state index in [4.69, 9.17) is 19.5 Å². The fourth-order valence-electron chi connectivity index (χ4n) is 7.22. The van der Waals surface area contributed by atoms with Gasteiger partial charge in [-0.25, -0.2) is 9.98 Å². The summed E-state index contributed by atoms with van der Waals surface area (Å²) in [5.74, 6) is 1.21. The molecule has 4 atom stereocenters. The van der Waals surface area contributed by atoms with Crippen LogP contribution < -0.4 is 10.6 Å². The van der Waals surface area contributed by atoms with Crippen molar-refractivity contribution in [3.8, 4) is 0 Å². The molecule has 7 aromatic carbocycles. The standard InChI is InChI=1S/C48H38N4O2/c1-5-19-33(20-6-1)43-45(35-23-9-3-10-24-35)53-47(51-43)37-27-13-15-29-39(37)49-41-31-17-18-32-42(41)50-40-30-16-14-28-38(40)48-52-44(34-21-7-2-8-22-34)46(54-48)36-25-11-4-12-26-36/h1-32,43-46,49-50H. The molecule has 4 unspecified atom stereocenters. The summed E-state index contributed by atoms with van der Waals surface area (Å²) in [6.45, 7) is 0. The third-order valence-electron chi connectivity index (χ3n) is 9.88. The Morgan fingerprint density at radius 1 is 0.315 bits per heavy atom. The van der Waals surface area contributed by atoms with Crippen molar-refractivity contribution in [2.75, 3.05) is 10.6 Å². The smallest absolute Gasteiger partial charge is 0.219 e. The first kappa shape index (κ1) is 33.0. The maximum Gasteiger partial charge on any atom is 0.219 e. The van der Waals surface area contributed by atoms with Gasteiger partial charge in [0.05, 0.1) is 33.9 Å². The average Bonchev–Trinajstić information content (AvgIpc) is 3.90. The molecule has 0 saturated carbocycles. The summed E-state index contributed by atoms with van der Waals surface area (Å²) in [6, 6.07) is 65.6. The molecule has 0 aliphatic carbocycles. The van der Waals surface area contributed by atoms with Gasteiger partial charge in [0, 0.05) is 0 Å². The zero-order valence-corrected chi connectivity index (χ0v) is 29.5. The zero-order valence-electron chi connectivity index (χ0n) is 29.5. The number of nitrogens with one attached hydrogen (secondary N) is 2. The van der Waals surface area contributed by atoms with E-state index in [1.807, 2.05) is 84.9 Å². The highest BCUT2D eigenvalue weighted by Crippen LogP contribution is 2.44. The number of aliphatic imine (C=N–C) groups is 2. The van der Waals surface area contributed by atoms with Crippen molar-refractivity contribution in [3.05, 3.63) is 228 Å². The van der Waals surface area contributed by atoms with Crippen molar-refractivity contribution in [2.45, 2.75) is 24.3 Å². The summed E-state index contributed by atoms with van der Waals surface area (Å²) in [7, 11) is 0. The molecular weight excluding hydrogens is 665 g/mol. The van der Waals surface area contributed by atoms with Crippen LogP contribution in [-0.2, 0) is 9.47 Å². The summed E-state index contributed by atoms with van der Waals surface area (Å²) in [4.78, 5) is 10.4. The maximum absolute atomic E-state index is 6.73. The Labute approximate surface area is 315 Å².